The first-order chi connectivity index (χ1) is 15.9. The molecule has 0 saturated carbocycles. The van der Waals surface area contributed by atoms with Gasteiger partial charge in [-0.05, 0) is 30.3 Å². The van der Waals surface area contributed by atoms with Crippen LogP contribution in [0.2, 0.25) is 0 Å². The van der Waals surface area contributed by atoms with Crippen LogP contribution in [0, 0.1) is 0 Å². The largest absolute Gasteiger partial charge is 0.497 e. The van der Waals surface area contributed by atoms with E-state index in [0.717, 1.165) is 10.2 Å². The Morgan fingerprint density at radius 3 is 2.82 bits per heavy atom. The molecular formula is C22H19N5O5S. The van der Waals surface area contributed by atoms with E-state index in [1.54, 1.807) is 24.4 Å². The topological polar surface area (TPSA) is 135 Å². The smallest absolute Gasteiger partial charge is 0.322 e. The quantitative estimate of drug-likeness (QED) is 0.323. The molecule has 4 N–H and O–H groups in total. The number of hydrogen-bond donors (Lipinski definition) is 4. The molecule has 2 aromatic carbocycles. The van der Waals surface area contributed by atoms with Gasteiger partial charge in [-0.1, -0.05) is 23.5 Å². The van der Waals surface area contributed by atoms with Crippen LogP contribution in [-0.4, -0.2) is 45.2 Å². The monoisotopic (exact) mass is 465 g/mol. The fourth-order valence-electron chi connectivity index (χ4n) is 3.95. The molecule has 1 unspecified atom stereocenters. The zero-order chi connectivity index (χ0) is 23.2. The molecule has 1 fully saturated rings. The number of aromatic nitrogens is 2. The van der Waals surface area contributed by atoms with Crippen LogP contribution in [-0.2, 0) is 16.1 Å². The minimum atomic E-state index is -1.59. The number of anilines is 1. The maximum absolute atomic E-state index is 12.9. The number of hydrogen-bond acceptors (Lipinski definition) is 7. The second-order valence-electron chi connectivity index (χ2n) is 7.74. The van der Waals surface area contributed by atoms with Crippen molar-refractivity contribution in [2.45, 2.75) is 18.5 Å². The fraction of sp³-hybridized carbons (Fsp3) is 0.182. The van der Waals surface area contributed by atoms with Crippen LogP contribution < -0.4 is 20.7 Å². The van der Waals surface area contributed by atoms with Gasteiger partial charge in [-0.3, -0.25) is 14.9 Å². The van der Waals surface area contributed by atoms with Gasteiger partial charge in [0.05, 0.1) is 30.3 Å². The summed E-state index contributed by atoms with van der Waals surface area (Å²) in [4.78, 5) is 42.0. The van der Waals surface area contributed by atoms with Gasteiger partial charge < -0.3 is 25.0 Å². The molecule has 11 heteroatoms. The first kappa shape index (κ1) is 20.8. The zero-order valence-corrected chi connectivity index (χ0v) is 18.2. The molecule has 1 saturated heterocycles. The third-order valence-corrected chi connectivity index (χ3v) is 6.48. The Balaban J connectivity index is 1.43. The summed E-state index contributed by atoms with van der Waals surface area (Å²) in [5.41, 5.74) is -0.840. The molecule has 2 aromatic heterocycles. The third-order valence-electron chi connectivity index (χ3n) is 5.53. The molecule has 0 bridgehead atoms. The molecule has 0 radical (unpaired) electrons. The molecule has 4 aromatic rings. The first-order valence-corrected chi connectivity index (χ1v) is 10.8. The van der Waals surface area contributed by atoms with Crippen molar-refractivity contribution in [2.24, 2.45) is 0 Å². The molecule has 1 aliphatic heterocycles. The number of methoxy groups -OCH3 is 1. The molecule has 168 valence electrons. The highest BCUT2D eigenvalue weighted by Gasteiger charge is 2.48. The molecule has 0 aliphatic carbocycles. The Bertz CT molecular complexity index is 1390. The molecule has 1 aliphatic rings. The number of amides is 4. The molecule has 1 atom stereocenters. The van der Waals surface area contributed by atoms with Crippen LogP contribution in [0.4, 0.5) is 9.93 Å². The van der Waals surface area contributed by atoms with Gasteiger partial charge in [0.15, 0.2) is 11.0 Å². The van der Waals surface area contributed by atoms with E-state index in [-0.39, 0.29) is 18.8 Å². The summed E-state index contributed by atoms with van der Waals surface area (Å²) in [5.74, 6) is -0.692. The summed E-state index contributed by atoms with van der Waals surface area (Å²) in [5, 5.41) is 19.8. The summed E-state index contributed by atoms with van der Waals surface area (Å²) in [6, 6.07) is 11.9. The molecule has 5 rings (SSSR count). The lowest BCUT2D eigenvalue weighted by Gasteiger charge is -2.26. The van der Waals surface area contributed by atoms with E-state index in [9.17, 15) is 19.5 Å². The van der Waals surface area contributed by atoms with E-state index in [1.807, 2.05) is 24.3 Å². The minimum absolute atomic E-state index is 0.108. The number of nitrogens with zero attached hydrogens (tertiary/aromatic N) is 2. The highest BCUT2D eigenvalue weighted by atomic mass is 32.1. The number of para-hydroxylation sites is 1. The van der Waals surface area contributed by atoms with Crippen molar-refractivity contribution in [1.82, 2.24) is 20.2 Å². The lowest BCUT2D eigenvalue weighted by atomic mass is 9.94. The lowest BCUT2D eigenvalue weighted by molar-refractivity contribution is -0.128. The Labute approximate surface area is 191 Å². The van der Waals surface area contributed by atoms with E-state index in [4.69, 9.17) is 4.74 Å². The van der Waals surface area contributed by atoms with Crippen LogP contribution in [0.3, 0.4) is 0 Å². The summed E-state index contributed by atoms with van der Waals surface area (Å²) < 4.78 is 7.54. The second-order valence-corrected chi connectivity index (χ2v) is 8.77. The molecule has 10 nitrogen and oxygen atoms in total. The van der Waals surface area contributed by atoms with Gasteiger partial charge in [0.25, 0.3) is 5.91 Å². The van der Waals surface area contributed by atoms with Gasteiger partial charge >= 0.3 is 6.03 Å². The number of imide groups is 1. The normalized spacial score (nSPS) is 17.8. The summed E-state index contributed by atoms with van der Waals surface area (Å²) >= 11 is 1.31. The van der Waals surface area contributed by atoms with Gasteiger partial charge in [0.1, 0.15) is 11.3 Å². The van der Waals surface area contributed by atoms with Crippen LogP contribution in [0.25, 0.3) is 21.0 Å². The van der Waals surface area contributed by atoms with Crippen molar-refractivity contribution in [3.05, 3.63) is 48.7 Å². The van der Waals surface area contributed by atoms with Crippen LogP contribution >= 0.6 is 11.3 Å². The number of ether oxygens (including phenoxy) is 1. The Morgan fingerprint density at radius 1 is 1.27 bits per heavy atom. The van der Waals surface area contributed by atoms with Gasteiger partial charge in [0, 0.05) is 17.0 Å². The van der Waals surface area contributed by atoms with Gasteiger partial charge in [0.2, 0.25) is 5.91 Å². The highest BCUT2D eigenvalue weighted by Crippen LogP contribution is 2.33. The number of benzene rings is 2. The molecule has 0 spiro atoms. The number of thiazole rings is 1. The highest BCUT2D eigenvalue weighted by molar-refractivity contribution is 7.22. The number of urea groups is 1. The van der Waals surface area contributed by atoms with E-state index in [1.165, 1.54) is 23.0 Å². The molecule has 3 heterocycles. The predicted octanol–water partition coefficient (Wildman–Crippen LogP) is 2.57. The number of rotatable bonds is 6. The average molecular weight is 465 g/mol. The molecule has 4 amide bonds. The SMILES string of the molecule is COc1ccc2cn(CC3(CC(=O)Nc4nc5ccccc5s4)NC(=O)NC3=O)c(O)c2c1. The van der Waals surface area contributed by atoms with Crippen molar-refractivity contribution in [1.29, 1.82) is 0 Å². The lowest BCUT2D eigenvalue weighted by Crippen LogP contribution is -2.52. The molecular weight excluding hydrogens is 446 g/mol. The van der Waals surface area contributed by atoms with E-state index < -0.39 is 23.4 Å². The average Bonchev–Trinajstić information content (AvgIpc) is 3.41. The zero-order valence-electron chi connectivity index (χ0n) is 17.4. The van der Waals surface area contributed by atoms with Gasteiger partial charge in [-0.15, -0.1) is 0 Å². The van der Waals surface area contributed by atoms with E-state index in [2.05, 4.69) is 20.9 Å². The Morgan fingerprint density at radius 2 is 2.09 bits per heavy atom. The number of nitrogens with one attached hydrogen (secondary N) is 3. The van der Waals surface area contributed by atoms with Crippen molar-refractivity contribution in [3.63, 3.8) is 0 Å². The Hall–Kier alpha value is -4.12. The van der Waals surface area contributed by atoms with Crippen molar-refractivity contribution < 1.29 is 24.2 Å². The third kappa shape index (κ3) is 3.72. The number of aromatic hydroxyl groups is 1. The van der Waals surface area contributed by atoms with Gasteiger partial charge in [-0.25, -0.2) is 9.78 Å². The standard InChI is InChI=1S/C22H19N5O5S/c1-32-13-7-6-12-10-27(18(29)14(12)8-13)11-22(19(30)25-20(31)26-22)9-17(28)24-21-23-15-4-2-3-5-16(15)33-21/h2-8,10,29H,9,11H2,1H3,(H,23,24,28)(H2,25,26,30,31). The van der Waals surface area contributed by atoms with Crippen molar-refractivity contribution in [2.75, 3.05) is 12.4 Å². The van der Waals surface area contributed by atoms with Crippen molar-refractivity contribution in [3.8, 4) is 11.6 Å². The number of carbonyl (C=O) groups is 3. The minimum Gasteiger partial charge on any atom is -0.497 e. The fourth-order valence-corrected chi connectivity index (χ4v) is 4.83. The summed E-state index contributed by atoms with van der Waals surface area (Å²) in [7, 11) is 1.52. The van der Waals surface area contributed by atoms with Crippen molar-refractivity contribution >= 4 is 55.3 Å². The van der Waals surface area contributed by atoms with Crippen LogP contribution in [0.5, 0.6) is 11.6 Å². The molecule has 33 heavy (non-hydrogen) atoms. The number of carbonyl (C=O) groups excluding carboxylic acids is 3. The van der Waals surface area contributed by atoms with E-state index >= 15 is 0 Å². The number of fused-ring (bicyclic) bond motifs is 2. The van der Waals surface area contributed by atoms with Crippen LogP contribution in [0.15, 0.2) is 48.7 Å². The van der Waals surface area contributed by atoms with Crippen LogP contribution in [0.1, 0.15) is 6.42 Å². The second kappa shape index (κ2) is 7.78. The summed E-state index contributed by atoms with van der Waals surface area (Å²) in [6.07, 6.45) is 1.30. The maximum Gasteiger partial charge on any atom is 0.322 e. The maximum atomic E-state index is 12.9. The van der Waals surface area contributed by atoms with E-state index in [0.29, 0.717) is 21.7 Å². The predicted molar refractivity (Wildman–Crippen MR) is 122 cm³/mol. The van der Waals surface area contributed by atoms with Gasteiger partial charge in [-0.2, -0.15) is 0 Å². The Kier molecular flexibility index (Phi) is 4.90. The summed E-state index contributed by atoms with van der Waals surface area (Å²) in [6.45, 7) is -0.152. The first-order valence-electron chi connectivity index (χ1n) is 10.0.